The standard InChI is InChI=1S/C18H20N2O4/c21-17(22)5-1-3-13-7-9-19-15(11-13)16-12-14(8-10-20-16)4-2-6-18(23)24/h7-12H,1-6H2,(H,21,22)(H,23,24). The minimum atomic E-state index is -0.792. The van der Waals surface area contributed by atoms with Crippen LogP contribution in [-0.4, -0.2) is 32.1 Å². The molecule has 126 valence electrons. The third-order valence-electron chi connectivity index (χ3n) is 3.62. The lowest BCUT2D eigenvalue weighted by Crippen LogP contribution is -1.98. The summed E-state index contributed by atoms with van der Waals surface area (Å²) in [6.07, 6.45) is 6.22. The summed E-state index contributed by atoms with van der Waals surface area (Å²) in [6, 6.07) is 7.60. The molecule has 2 aromatic rings. The van der Waals surface area contributed by atoms with E-state index in [-0.39, 0.29) is 12.8 Å². The zero-order chi connectivity index (χ0) is 17.4. The van der Waals surface area contributed by atoms with Crippen molar-refractivity contribution in [2.24, 2.45) is 0 Å². The molecule has 0 atom stereocenters. The molecule has 0 amide bonds. The summed E-state index contributed by atoms with van der Waals surface area (Å²) >= 11 is 0. The van der Waals surface area contributed by atoms with Crippen LogP contribution in [0, 0.1) is 0 Å². The molecule has 6 nitrogen and oxygen atoms in total. The predicted molar refractivity (Wildman–Crippen MR) is 88.6 cm³/mol. The third kappa shape index (κ3) is 5.79. The average molecular weight is 328 g/mol. The Kier molecular flexibility index (Phi) is 6.42. The second-order valence-corrected chi connectivity index (χ2v) is 5.59. The smallest absolute Gasteiger partial charge is 0.303 e. The van der Waals surface area contributed by atoms with Crippen LogP contribution in [0.4, 0.5) is 0 Å². The quantitative estimate of drug-likeness (QED) is 0.734. The van der Waals surface area contributed by atoms with Gasteiger partial charge < -0.3 is 10.2 Å². The number of aryl methyl sites for hydroxylation is 2. The van der Waals surface area contributed by atoms with E-state index in [0.29, 0.717) is 25.7 Å². The van der Waals surface area contributed by atoms with Gasteiger partial charge in [0.15, 0.2) is 0 Å². The Morgan fingerprint density at radius 1 is 0.792 bits per heavy atom. The fraction of sp³-hybridized carbons (Fsp3) is 0.333. The van der Waals surface area contributed by atoms with Gasteiger partial charge in [0.25, 0.3) is 0 Å². The van der Waals surface area contributed by atoms with Crippen LogP contribution >= 0.6 is 0 Å². The molecule has 0 unspecified atom stereocenters. The predicted octanol–water partition coefficient (Wildman–Crippen LogP) is 2.96. The number of aromatic nitrogens is 2. The van der Waals surface area contributed by atoms with Gasteiger partial charge in [0.1, 0.15) is 0 Å². The number of pyridine rings is 2. The van der Waals surface area contributed by atoms with Crippen molar-refractivity contribution in [3.8, 4) is 11.4 Å². The molecule has 24 heavy (non-hydrogen) atoms. The molecule has 2 aromatic heterocycles. The van der Waals surface area contributed by atoms with Crippen LogP contribution in [0.15, 0.2) is 36.7 Å². The largest absolute Gasteiger partial charge is 0.481 e. The van der Waals surface area contributed by atoms with E-state index in [4.69, 9.17) is 10.2 Å². The molecule has 0 aromatic carbocycles. The highest BCUT2D eigenvalue weighted by molar-refractivity contribution is 5.67. The molecule has 0 radical (unpaired) electrons. The van der Waals surface area contributed by atoms with Gasteiger partial charge in [0.2, 0.25) is 0 Å². The molecule has 0 saturated carbocycles. The van der Waals surface area contributed by atoms with Crippen molar-refractivity contribution in [3.05, 3.63) is 47.8 Å². The Morgan fingerprint density at radius 3 is 1.58 bits per heavy atom. The van der Waals surface area contributed by atoms with E-state index >= 15 is 0 Å². The molecular formula is C18H20N2O4. The van der Waals surface area contributed by atoms with E-state index in [1.807, 2.05) is 24.3 Å². The van der Waals surface area contributed by atoms with Crippen molar-refractivity contribution in [1.82, 2.24) is 9.97 Å². The van der Waals surface area contributed by atoms with E-state index in [1.165, 1.54) is 0 Å². The summed E-state index contributed by atoms with van der Waals surface area (Å²) in [6.45, 7) is 0. The Balaban J connectivity index is 2.05. The van der Waals surface area contributed by atoms with Crippen LogP contribution in [-0.2, 0) is 22.4 Å². The van der Waals surface area contributed by atoms with Crippen LogP contribution in [0.2, 0.25) is 0 Å². The Labute approximate surface area is 140 Å². The van der Waals surface area contributed by atoms with Gasteiger partial charge in [-0.2, -0.15) is 0 Å². The number of hydrogen-bond acceptors (Lipinski definition) is 4. The molecule has 0 aliphatic heterocycles. The lowest BCUT2D eigenvalue weighted by molar-refractivity contribution is -0.138. The summed E-state index contributed by atoms with van der Waals surface area (Å²) in [5.41, 5.74) is 3.53. The summed E-state index contributed by atoms with van der Waals surface area (Å²) < 4.78 is 0. The topological polar surface area (TPSA) is 100 Å². The first kappa shape index (κ1) is 17.6. The number of carbonyl (C=O) groups is 2. The first-order chi connectivity index (χ1) is 11.5. The highest BCUT2D eigenvalue weighted by Crippen LogP contribution is 2.18. The monoisotopic (exact) mass is 328 g/mol. The number of hydrogen-bond donors (Lipinski definition) is 2. The number of aliphatic carboxylic acids is 2. The molecule has 0 bridgehead atoms. The number of nitrogens with zero attached hydrogens (tertiary/aromatic N) is 2. The van der Waals surface area contributed by atoms with E-state index in [0.717, 1.165) is 22.5 Å². The third-order valence-corrected chi connectivity index (χ3v) is 3.62. The lowest BCUT2D eigenvalue weighted by Gasteiger charge is -2.06. The maximum atomic E-state index is 10.6. The first-order valence-corrected chi connectivity index (χ1v) is 7.88. The van der Waals surface area contributed by atoms with Crippen LogP contribution in [0.5, 0.6) is 0 Å². The van der Waals surface area contributed by atoms with Crippen molar-refractivity contribution >= 4 is 11.9 Å². The minimum absolute atomic E-state index is 0.148. The maximum absolute atomic E-state index is 10.6. The van der Waals surface area contributed by atoms with Gasteiger partial charge in [0.05, 0.1) is 11.4 Å². The highest BCUT2D eigenvalue weighted by atomic mass is 16.4. The number of carboxylic acid groups (broad SMARTS) is 2. The molecule has 2 N–H and O–H groups in total. The van der Waals surface area contributed by atoms with Gasteiger partial charge in [-0.25, -0.2) is 0 Å². The normalized spacial score (nSPS) is 10.5. The molecule has 0 saturated heterocycles. The van der Waals surface area contributed by atoms with Crippen molar-refractivity contribution in [1.29, 1.82) is 0 Å². The van der Waals surface area contributed by atoms with Crippen molar-refractivity contribution < 1.29 is 19.8 Å². The second kappa shape index (κ2) is 8.76. The average Bonchev–Trinajstić information content (AvgIpc) is 2.55. The second-order valence-electron chi connectivity index (χ2n) is 5.59. The van der Waals surface area contributed by atoms with Crippen LogP contribution in [0.3, 0.4) is 0 Å². The lowest BCUT2D eigenvalue weighted by atomic mass is 10.1. The summed E-state index contributed by atoms with van der Waals surface area (Å²) in [4.78, 5) is 29.8. The van der Waals surface area contributed by atoms with Gasteiger partial charge in [-0.3, -0.25) is 19.6 Å². The van der Waals surface area contributed by atoms with Crippen molar-refractivity contribution in [3.63, 3.8) is 0 Å². The van der Waals surface area contributed by atoms with E-state index in [1.54, 1.807) is 12.4 Å². The molecule has 2 rings (SSSR count). The number of rotatable bonds is 9. The molecule has 0 spiro atoms. The van der Waals surface area contributed by atoms with E-state index < -0.39 is 11.9 Å². The summed E-state index contributed by atoms with van der Waals surface area (Å²) in [7, 11) is 0. The Morgan fingerprint density at radius 2 is 1.21 bits per heavy atom. The molecule has 0 aliphatic carbocycles. The fourth-order valence-electron chi connectivity index (χ4n) is 2.43. The minimum Gasteiger partial charge on any atom is -0.481 e. The summed E-state index contributed by atoms with van der Waals surface area (Å²) in [5.74, 6) is -1.58. The van der Waals surface area contributed by atoms with Gasteiger partial charge in [0, 0.05) is 25.2 Å². The van der Waals surface area contributed by atoms with Crippen molar-refractivity contribution in [2.75, 3.05) is 0 Å². The fourth-order valence-corrected chi connectivity index (χ4v) is 2.43. The molecule has 0 fully saturated rings. The maximum Gasteiger partial charge on any atom is 0.303 e. The molecule has 6 heteroatoms. The van der Waals surface area contributed by atoms with Gasteiger partial charge in [-0.05, 0) is 61.1 Å². The SMILES string of the molecule is O=C(O)CCCc1ccnc(-c2cc(CCCC(=O)O)ccn2)c1. The van der Waals surface area contributed by atoms with E-state index in [9.17, 15) is 9.59 Å². The molecular weight excluding hydrogens is 308 g/mol. The highest BCUT2D eigenvalue weighted by Gasteiger charge is 2.06. The van der Waals surface area contributed by atoms with Gasteiger partial charge in [-0.1, -0.05) is 0 Å². The van der Waals surface area contributed by atoms with Gasteiger partial charge >= 0.3 is 11.9 Å². The molecule has 0 aliphatic rings. The van der Waals surface area contributed by atoms with Gasteiger partial charge in [-0.15, -0.1) is 0 Å². The van der Waals surface area contributed by atoms with Crippen molar-refractivity contribution in [2.45, 2.75) is 38.5 Å². The van der Waals surface area contributed by atoms with Crippen LogP contribution < -0.4 is 0 Å². The van der Waals surface area contributed by atoms with Crippen LogP contribution in [0.25, 0.3) is 11.4 Å². The van der Waals surface area contributed by atoms with Crippen LogP contribution in [0.1, 0.15) is 36.8 Å². The number of carboxylic acids is 2. The zero-order valence-electron chi connectivity index (χ0n) is 13.3. The Hall–Kier alpha value is -2.76. The Bertz CT molecular complexity index is 654. The molecule has 2 heterocycles. The first-order valence-electron chi connectivity index (χ1n) is 7.88. The van der Waals surface area contributed by atoms with E-state index in [2.05, 4.69) is 9.97 Å². The summed E-state index contributed by atoms with van der Waals surface area (Å²) in [5, 5.41) is 17.4. The zero-order valence-corrected chi connectivity index (χ0v) is 13.3.